The first kappa shape index (κ1) is 28.1. The summed E-state index contributed by atoms with van der Waals surface area (Å²) in [5.41, 5.74) is 3.82. The maximum Gasteiger partial charge on any atom is 0.0642 e. The molecule has 5 nitrogen and oxygen atoms in total. The number of ether oxygens (including phenoxy) is 1. The summed E-state index contributed by atoms with van der Waals surface area (Å²) in [6.07, 6.45) is 7.75. The molecule has 2 aromatic carbocycles. The van der Waals surface area contributed by atoms with Crippen molar-refractivity contribution in [2.75, 3.05) is 75.9 Å². The molecule has 0 saturated carbocycles. The molecule has 35 heavy (non-hydrogen) atoms. The summed E-state index contributed by atoms with van der Waals surface area (Å²) in [4.78, 5) is 7.29. The molecule has 0 unspecified atom stereocenters. The molecule has 0 spiro atoms. The van der Waals surface area contributed by atoms with Crippen LogP contribution in [0.4, 0.5) is 11.4 Å². The third kappa shape index (κ3) is 9.14. The zero-order chi connectivity index (χ0) is 24.9. The Morgan fingerprint density at radius 3 is 2.03 bits per heavy atom. The second-order valence-electron chi connectivity index (χ2n) is 9.21. The van der Waals surface area contributed by atoms with Crippen LogP contribution < -0.4 is 9.80 Å². The van der Waals surface area contributed by atoms with Crippen molar-refractivity contribution in [3.8, 4) is 0 Å². The Bertz CT molecular complexity index is 848. The number of morpholine rings is 1. The maximum atomic E-state index is 7.00. The van der Waals surface area contributed by atoms with E-state index in [0.717, 1.165) is 55.6 Å². The van der Waals surface area contributed by atoms with E-state index in [1.54, 1.807) is 0 Å². The van der Waals surface area contributed by atoms with Gasteiger partial charge in [-0.25, -0.2) is 0 Å². The van der Waals surface area contributed by atoms with E-state index in [4.69, 9.17) is 33.0 Å². The van der Waals surface area contributed by atoms with E-state index < -0.39 is 0 Å². The summed E-state index contributed by atoms with van der Waals surface area (Å²) in [7, 11) is 1.00. The summed E-state index contributed by atoms with van der Waals surface area (Å²) in [6, 6.07) is 14.7. The van der Waals surface area contributed by atoms with Crippen LogP contribution in [0.3, 0.4) is 0 Å². The number of aryl methyl sites for hydroxylation is 1. The van der Waals surface area contributed by atoms with E-state index in [-0.39, 0.29) is 0 Å². The first-order valence-electron chi connectivity index (χ1n) is 13.0. The normalized spacial score (nSPS) is 18.1. The van der Waals surface area contributed by atoms with Gasteiger partial charge in [0.05, 0.1) is 23.9 Å². The van der Waals surface area contributed by atoms with E-state index in [9.17, 15) is 0 Å². The second-order valence-corrected chi connectivity index (χ2v) is 10.1. The molecular formula is C28H41Cl2N3O2. The zero-order valence-electron chi connectivity index (χ0n) is 21.1. The molecule has 7 heteroatoms. The van der Waals surface area contributed by atoms with Gasteiger partial charge in [-0.15, -0.1) is 0 Å². The van der Waals surface area contributed by atoms with Gasteiger partial charge in [0.15, 0.2) is 0 Å². The van der Waals surface area contributed by atoms with Crippen LogP contribution in [0.15, 0.2) is 42.5 Å². The van der Waals surface area contributed by atoms with Crippen molar-refractivity contribution in [3.63, 3.8) is 0 Å². The predicted molar refractivity (Wildman–Crippen MR) is 150 cm³/mol. The number of nitrogens with zero attached hydrogens (tertiary/aromatic N) is 3. The van der Waals surface area contributed by atoms with Gasteiger partial charge in [-0.1, -0.05) is 29.3 Å². The summed E-state index contributed by atoms with van der Waals surface area (Å²) in [5, 5.41) is 8.70. The lowest BCUT2D eigenvalue weighted by Gasteiger charge is -2.29. The van der Waals surface area contributed by atoms with E-state index in [2.05, 4.69) is 45.0 Å². The molecule has 0 radical (unpaired) electrons. The van der Waals surface area contributed by atoms with Crippen molar-refractivity contribution in [3.05, 3.63) is 58.1 Å². The number of benzene rings is 2. The van der Waals surface area contributed by atoms with Crippen molar-refractivity contribution >= 4 is 34.6 Å². The molecule has 0 atom stereocenters. The number of hydrogen-bond donors (Lipinski definition) is 1. The average Bonchev–Trinajstić information content (AvgIpc) is 3.62. The Morgan fingerprint density at radius 2 is 1.40 bits per heavy atom. The fourth-order valence-electron chi connectivity index (χ4n) is 4.91. The van der Waals surface area contributed by atoms with Gasteiger partial charge in [0, 0.05) is 44.0 Å². The van der Waals surface area contributed by atoms with Crippen molar-refractivity contribution < 1.29 is 9.84 Å². The third-order valence-electron chi connectivity index (χ3n) is 6.80. The summed E-state index contributed by atoms with van der Waals surface area (Å²) < 4.78 is 5.40. The number of likely N-dealkylation sites (tertiary alicyclic amines) is 1. The first-order chi connectivity index (χ1) is 17.2. The molecule has 3 heterocycles. The first-order valence-corrected chi connectivity index (χ1v) is 13.7. The van der Waals surface area contributed by atoms with Crippen molar-refractivity contribution in [2.24, 2.45) is 0 Å². The van der Waals surface area contributed by atoms with Crippen LogP contribution in [0.25, 0.3) is 0 Å². The predicted octanol–water partition coefficient (Wildman–Crippen LogP) is 5.75. The highest BCUT2D eigenvalue weighted by molar-refractivity contribution is 6.33. The lowest BCUT2D eigenvalue weighted by molar-refractivity contribution is 0.122. The SMILES string of the molecule is CO.Clc1cc(CCCN2CCCC2)ccc1N1CCOCC1.Clc1ccc(N2CCCC2)cc1. The second kappa shape index (κ2) is 15.6. The summed E-state index contributed by atoms with van der Waals surface area (Å²) in [6.45, 7) is 9.67. The molecule has 2 aromatic rings. The number of anilines is 2. The fourth-order valence-corrected chi connectivity index (χ4v) is 5.36. The lowest BCUT2D eigenvalue weighted by atomic mass is 10.1. The monoisotopic (exact) mass is 521 g/mol. The van der Waals surface area contributed by atoms with Gasteiger partial charge in [-0.2, -0.15) is 0 Å². The molecule has 0 aromatic heterocycles. The maximum absolute atomic E-state index is 7.00. The molecule has 3 aliphatic rings. The average molecular weight is 523 g/mol. The van der Waals surface area contributed by atoms with E-state index >= 15 is 0 Å². The van der Waals surface area contributed by atoms with Crippen LogP contribution in [0.2, 0.25) is 10.0 Å². The zero-order valence-corrected chi connectivity index (χ0v) is 22.6. The van der Waals surface area contributed by atoms with Gasteiger partial charge < -0.3 is 24.5 Å². The van der Waals surface area contributed by atoms with Gasteiger partial charge in [-0.3, -0.25) is 0 Å². The van der Waals surface area contributed by atoms with Crippen LogP contribution in [0, 0.1) is 0 Å². The molecule has 3 saturated heterocycles. The molecule has 5 rings (SSSR count). The van der Waals surface area contributed by atoms with Crippen LogP contribution in [0.1, 0.15) is 37.7 Å². The third-order valence-corrected chi connectivity index (χ3v) is 7.35. The Labute approximate surface area is 221 Å². The molecule has 3 aliphatic heterocycles. The molecule has 3 fully saturated rings. The number of aliphatic hydroxyl groups excluding tert-OH is 1. The molecule has 0 bridgehead atoms. The minimum Gasteiger partial charge on any atom is -0.400 e. The van der Waals surface area contributed by atoms with Crippen molar-refractivity contribution in [2.45, 2.75) is 38.5 Å². The molecule has 194 valence electrons. The largest absolute Gasteiger partial charge is 0.400 e. The number of hydrogen-bond acceptors (Lipinski definition) is 5. The summed E-state index contributed by atoms with van der Waals surface area (Å²) in [5.74, 6) is 0. The highest BCUT2D eigenvalue weighted by Crippen LogP contribution is 2.28. The van der Waals surface area contributed by atoms with E-state index in [1.807, 2.05) is 12.1 Å². The van der Waals surface area contributed by atoms with Gasteiger partial charge in [0.2, 0.25) is 0 Å². The van der Waals surface area contributed by atoms with Crippen LogP contribution in [-0.2, 0) is 11.2 Å². The van der Waals surface area contributed by atoms with Gasteiger partial charge in [-0.05, 0) is 100 Å². The molecular weight excluding hydrogens is 481 g/mol. The molecule has 0 aliphatic carbocycles. The van der Waals surface area contributed by atoms with Crippen LogP contribution in [0.5, 0.6) is 0 Å². The fraction of sp³-hybridized carbons (Fsp3) is 0.571. The van der Waals surface area contributed by atoms with Crippen LogP contribution >= 0.6 is 23.2 Å². The Hall–Kier alpha value is -1.50. The topological polar surface area (TPSA) is 39.2 Å². The van der Waals surface area contributed by atoms with E-state index in [1.165, 1.54) is 76.1 Å². The quantitative estimate of drug-likeness (QED) is 0.523. The Balaban J connectivity index is 0.000000207. The highest BCUT2D eigenvalue weighted by atomic mass is 35.5. The Kier molecular flexibility index (Phi) is 12.5. The van der Waals surface area contributed by atoms with E-state index in [0.29, 0.717) is 0 Å². The number of aliphatic hydroxyl groups is 1. The minimum absolute atomic E-state index is 0.800. The lowest BCUT2D eigenvalue weighted by Crippen LogP contribution is -2.36. The van der Waals surface area contributed by atoms with Gasteiger partial charge >= 0.3 is 0 Å². The highest BCUT2D eigenvalue weighted by Gasteiger charge is 2.15. The Morgan fingerprint density at radius 1 is 0.771 bits per heavy atom. The summed E-state index contributed by atoms with van der Waals surface area (Å²) >= 11 is 12.3. The smallest absolute Gasteiger partial charge is 0.0642 e. The van der Waals surface area contributed by atoms with Gasteiger partial charge in [0.25, 0.3) is 0 Å². The number of halogens is 2. The van der Waals surface area contributed by atoms with Crippen molar-refractivity contribution in [1.82, 2.24) is 4.90 Å². The molecule has 0 amide bonds. The minimum atomic E-state index is 0.800. The molecule has 1 N–H and O–H groups in total. The van der Waals surface area contributed by atoms with Crippen LogP contribution in [-0.4, -0.2) is 76.1 Å². The van der Waals surface area contributed by atoms with Crippen molar-refractivity contribution in [1.29, 1.82) is 0 Å². The van der Waals surface area contributed by atoms with Gasteiger partial charge in [0.1, 0.15) is 0 Å². The number of rotatable bonds is 6. The standard InChI is InChI=1S/C17H25ClN2O.C10H12ClN.CH4O/c18-16-14-15(4-3-9-19-7-1-2-8-19)5-6-17(16)20-10-12-21-13-11-20;11-9-3-5-10(6-4-9)12-7-1-2-8-12;1-2/h5-6,14H,1-4,7-13H2;3-6H,1-2,7-8H2;2H,1H3.